The van der Waals surface area contributed by atoms with Gasteiger partial charge < -0.3 is 14.5 Å². The minimum Gasteiger partial charge on any atom is -0.493 e. The van der Waals surface area contributed by atoms with Gasteiger partial charge in [0, 0.05) is 23.4 Å². The Morgan fingerprint density at radius 1 is 1.29 bits per heavy atom. The van der Waals surface area contributed by atoms with Crippen LogP contribution in [-0.2, 0) is 6.54 Å². The summed E-state index contributed by atoms with van der Waals surface area (Å²) in [6.07, 6.45) is 2.36. The molecule has 0 bridgehead atoms. The fourth-order valence-electron chi connectivity index (χ4n) is 2.83. The predicted molar refractivity (Wildman–Crippen MR) is 77.3 cm³/mol. The van der Waals surface area contributed by atoms with Gasteiger partial charge >= 0.3 is 0 Å². The molecule has 1 fully saturated rings. The summed E-state index contributed by atoms with van der Waals surface area (Å²) in [5.41, 5.74) is 1.28. The summed E-state index contributed by atoms with van der Waals surface area (Å²) in [5.74, 6) is 3.36. The number of hydrogen-bond donors (Lipinski definition) is 1. The van der Waals surface area contributed by atoms with Crippen LogP contribution in [-0.4, -0.2) is 22.8 Å². The quantitative estimate of drug-likeness (QED) is 0.915. The molecule has 2 heterocycles. The van der Waals surface area contributed by atoms with E-state index in [-0.39, 0.29) is 0 Å². The van der Waals surface area contributed by atoms with Crippen LogP contribution >= 0.6 is 0 Å². The van der Waals surface area contributed by atoms with E-state index in [1.165, 1.54) is 18.4 Å². The number of nitrogens with zero attached hydrogens (tertiary/aromatic N) is 2. The molecule has 1 aliphatic heterocycles. The Labute approximate surface area is 123 Å². The molecule has 1 saturated carbocycles. The van der Waals surface area contributed by atoms with E-state index in [0.717, 1.165) is 18.2 Å². The van der Waals surface area contributed by atoms with E-state index in [1.54, 1.807) is 0 Å². The van der Waals surface area contributed by atoms with Gasteiger partial charge in [0.15, 0.2) is 0 Å². The van der Waals surface area contributed by atoms with Crippen molar-refractivity contribution in [2.45, 2.75) is 44.2 Å². The van der Waals surface area contributed by atoms with Gasteiger partial charge in [0.05, 0.1) is 13.2 Å². The van der Waals surface area contributed by atoms with Crippen molar-refractivity contribution in [1.29, 1.82) is 0 Å². The van der Waals surface area contributed by atoms with Gasteiger partial charge in [-0.25, -0.2) is 0 Å². The van der Waals surface area contributed by atoms with E-state index in [2.05, 4.69) is 34.6 Å². The van der Waals surface area contributed by atoms with E-state index < -0.39 is 0 Å². The molecular formula is C16H19N3O2. The Balaban J connectivity index is 1.38. The van der Waals surface area contributed by atoms with E-state index >= 15 is 0 Å². The summed E-state index contributed by atoms with van der Waals surface area (Å²) >= 11 is 0. The van der Waals surface area contributed by atoms with Crippen LogP contribution in [0.3, 0.4) is 0 Å². The van der Waals surface area contributed by atoms with Crippen molar-refractivity contribution in [3.63, 3.8) is 0 Å². The molecule has 2 atom stereocenters. The number of aromatic nitrogens is 2. The second-order valence-corrected chi connectivity index (χ2v) is 5.93. The lowest BCUT2D eigenvalue weighted by atomic mass is 9.94. The van der Waals surface area contributed by atoms with Crippen molar-refractivity contribution < 1.29 is 9.15 Å². The Hall–Kier alpha value is -1.88. The lowest BCUT2D eigenvalue weighted by Crippen LogP contribution is -2.32. The van der Waals surface area contributed by atoms with Crippen molar-refractivity contribution in [3.8, 4) is 5.75 Å². The first kappa shape index (κ1) is 12.8. The van der Waals surface area contributed by atoms with E-state index in [9.17, 15) is 0 Å². The van der Waals surface area contributed by atoms with Crippen molar-refractivity contribution in [3.05, 3.63) is 41.6 Å². The highest BCUT2D eigenvalue weighted by molar-refractivity contribution is 5.40. The lowest BCUT2D eigenvalue weighted by molar-refractivity contribution is 0.299. The molecule has 0 spiro atoms. The average Bonchev–Trinajstić information content (AvgIpc) is 3.10. The van der Waals surface area contributed by atoms with Gasteiger partial charge in [-0.2, -0.15) is 0 Å². The smallest absolute Gasteiger partial charge is 0.230 e. The Morgan fingerprint density at radius 3 is 3.00 bits per heavy atom. The number of benzene rings is 1. The van der Waals surface area contributed by atoms with Crippen LogP contribution < -0.4 is 10.1 Å². The molecule has 1 aromatic carbocycles. The monoisotopic (exact) mass is 285 g/mol. The molecule has 0 amide bonds. The predicted octanol–water partition coefficient (Wildman–Crippen LogP) is 2.60. The van der Waals surface area contributed by atoms with Crippen molar-refractivity contribution >= 4 is 0 Å². The Kier molecular flexibility index (Phi) is 3.15. The summed E-state index contributed by atoms with van der Waals surface area (Å²) in [6.45, 7) is 3.51. The maximum absolute atomic E-state index is 5.74. The number of fused-ring (bicyclic) bond motifs is 1. The molecule has 1 aliphatic carbocycles. The second-order valence-electron chi connectivity index (χ2n) is 5.93. The highest BCUT2D eigenvalue weighted by Crippen LogP contribution is 2.39. The van der Waals surface area contributed by atoms with Crippen LogP contribution in [0.4, 0.5) is 0 Å². The molecule has 5 nitrogen and oxygen atoms in total. The van der Waals surface area contributed by atoms with Gasteiger partial charge in [0.2, 0.25) is 11.8 Å². The highest BCUT2D eigenvalue weighted by atomic mass is 16.5. The molecule has 1 aromatic heterocycles. The van der Waals surface area contributed by atoms with Crippen LogP contribution in [0.1, 0.15) is 48.9 Å². The average molecular weight is 285 g/mol. The summed E-state index contributed by atoms with van der Waals surface area (Å²) in [5, 5.41) is 11.7. The first-order valence-corrected chi connectivity index (χ1v) is 7.58. The molecule has 0 radical (unpaired) electrons. The molecule has 1 N–H and O–H groups in total. The third-order valence-electron chi connectivity index (χ3n) is 4.32. The molecule has 0 unspecified atom stereocenters. The van der Waals surface area contributed by atoms with Gasteiger partial charge in [-0.3, -0.25) is 0 Å². The number of hydrogen-bond acceptors (Lipinski definition) is 5. The minimum atomic E-state index is 0.296. The fraction of sp³-hybridized carbons (Fsp3) is 0.500. The zero-order valence-electron chi connectivity index (χ0n) is 12.1. The van der Waals surface area contributed by atoms with Crippen LogP contribution in [0.2, 0.25) is 0 Å². The van der Waals surface area contributed by atoms with Crippen LogP contribution in [0.25, 0.3) is 0 Å². The number of ether oxygens (including phenoxy) is 1. The van der Waals surface area contributed by atoms with Crippen molar-refractivity contribution in [1.82, 2.24) is 15.5 Å². The maximum Gasteiger partial charge on any atom is 0.230 e. The SMILES string of the molecule is C[C@@H](NCc1nnc(C2CC2)o1)[C@@H]1COc2ccccc21. The van der Waals surface area contributed by atoms with Gasteiger partial charge in [-0.05, 0) is 25.8 Å². The van der Waals surface area contributed by atoms with Crippen molar-refractivity contribution in [2.75, 3.05) is 6.61 Å². The fourth-order valence-corrected chi connectivity index (χ4v) is 2.83. The molecule has 0 saturated heterocycles. The Morgan fingerprint density at radius 2 is 2.14 bits per heavy atom. The van der Waals surface area contributed by atoms with Gasteiger partial charge in [0.1, 0.15) is 5.75 Å². The van der Waals surface area contributed by atoms with Crippen LogP contribution in [0, 0.1) is 0 Å². The van der Waals surface area contributed by atoms with E-state index in [1.807, 2.05) is 12.1 Å². The largest absolute Gasteiger partial charge is 0.493 e. The zero-order chi connectivity index (χ0) is 14.2. The molecule has 110 valence electrons. The van der Waals surface area contributed by atoms with Crippen molar-refractivity contribution in [2.24, 2.45) is 0 Å². The van der Waals surface area contributed by atoms with Gasteiger partial charge in [0.25, 0.3) is 0 Å². The van der Waals surface area contributed by atoms with Gasteiger partial charge in [-0.1, -0.05) is 18.2 Å². The van der Waals surface area contributed by atoms with Gasteiger partial charge in [-0.15, -0.1) is 10.2 Å². The molecule has 2 aliphatic rings. The molecule has 2 aromatic rings. The highest BCUT2D eigenvalue weighted by Gasteiger charge is 2.30. The molecular weight excluding hydrogens is 266 g/mol. The first-order valence-electron chi connectivity index (χ1n) is 7.58. The van der Waals surface area contributed by atoms with Crippen LogP contribution in [0.15, 0.2) is 28.7 Å². The standard InChI is InChI=1S/C16H19N3O2/c1-10(13-9-20-14-5-3-2-4-12(13)14)17-8-15-18-19-16(21-15)11-6-7-11/h2-5,10-11,13,17H,6-9H2,1H3/t10-,13+/m1/s1. The molecule has 4 rings (SSSR count). The summed E-state index contributed by atoms with van der Waals surface area (Å²) in [7, 11) is 0. The topological polar surface area (TPSA) is 60.2 Å². The number of rotatable bonds is 5. The molecule has 21 heavy (non-hydrogen) atoms. The van der Waals surface area contributed by atoms with Crippen LogP contribution in [0.5, 0.6) is 5.75 Å². The molecule has 5 heteroatoms. The maximum atomic E-state index is 5.74. The van der Waals surface area contributed by atoms with E-state index in [0.29, 0.717) is 30.3 Å². The lowest BCUT2D eigenvalue weighted by Gasteiger charge is -2.18. The third kappa shape index (κ3) is 2.53. The summed E-state index contributed by atoms with van der Waals surface area (Å²) < 4.78 is 11.4. The third-order valence-corrected chi connectivity index (χ3v) is 4.32. The zero-order valence-corrected chi connectivity index (χ0v) is 12.1. The number of nitrogens with one attached hydrogen (secondary N) is 1. The number of para-hydroxylation sites is 1. The Bertz CT molecular complexity index is 636. The summed E-state index contributed by atoms with van der Waals surface area (Å²) in [6, 6.07) is 8.54. The summed E-state index contributed by atoms with van der Waals surface area (Å²) in [4.78, 5) is 0. The normalized spacial score (nSPS) is 21.9. The second kappa shape index (κ2) is 5.15. The van der Waals surface area contributed by atoms with E-state index in [4.69, 9.17) is 9.15 Å². The minimum absolute atomic E-state index is 0.296. The first-order chi connectivity index (χ1) is 10.3.